The number of rotatable bonds is 4. The summed E-state index contributed by atoms with van der Waals surface area (Å²) < 4.78 is 6.38. The van der Waals surface area contributed by atoms with Crippen molar-refractivity contribution >= 4 is 56.6 Å². The van der Waals surface area contributed by atoms with Gasteiger partial charge in [0.25, 0.3) is 5.91 Å². The number of hydrogen-bond acceptors (Lipinski definition) is 3. The van der Waals surface area contributed by atoms with Gasteiger partial charge in [-0.3, -0.25) is 14.5 Å². The molecule has 2 heterocycles. The van der Waals surface area contributed by atoms with Crippen molar-refractivity contribution in [3.8, 4) is 5.75 Å². The number of likely N-dealkylation sites (tertiary alicyclic amines) is 1. The molecule has 1 atom stereocenters. The Labute approximate surface area is 194 Å². The number of ether oxygens (including phenoxy) is 1. The van der Waals surface area contributed by atoms with E-state index in [2.05, 4.69) is 22.9 Å². The van der Waals surface area contributed by atoms with E-state index in [0.717, 1.165) is 22.9 Å². The zero-order valence-electron chi connectivity index (χ0n) is 16.5. The van der Waals surface area contributed by atoms with Crippen LogP contribution in [0.1, 0.15) is 25.3 Å². The first-order chi connectivity index (χ1) is 14.3. The SMILES string of the molecule is CC1(Cc2ccc(Cl)c(Cl)c2)CCCN1C(=O)CN1C(=O)COc2cc(Br)ccc21. The van der Waals surface area contributed by atoms with Gasteiger partial charge in [-0.25, -0.2) is 0 Å². The van der Waals surface area contributed by atoms with E-state index in [4.69, 9.17) is 27.9 Å². The van der Waals surface area contributed by atoms with E-state index < -0.39 is 0 Å². The monoisotopic (exact) mass is 510 g/mol. The van der Waals surface area contributed by atoms with Crippen molar-refractivity contribution in [2.24, 2.45) is 0 Å². The van der Waals surface area contributed by atoms with Crippen molar-refractivity contribution in [1.82, 2.24) is 4.90 Å². The number of fused-ring (bicyclic) bond motifs is 1. The number of hydrogen-bond donors (Lipinski definition) is 0. The molecule has 2 aromatic carbocycles. The van der Waals surface area contributed by atoms with E-state index in [9.17, 15) is 9.59 Å². The summed E-state index contributed by atoms with van der Waals surface area (Å²) in [6.07, 6.45) is 2.49. The molecular formula is C22H21BrCl2N2O3. The molecule has 0 saturated carbocycles. The largest absolute Gasteiger partial charge is 0.482 e. The molecule has 158 valence electrons. The van der Waals surface area contributed by atoms with Crippen LogP contribution in [0.15, 0.2) is 40.9 Å². The number of benzene rings is 2. The van der Waals surface area contributed by atoms with Gasteiger partial charge in [0.2, 0.25) is 5.91 Å². The Morgan fingerprint density at radius 3 is 2.77 bits per heavy atom. The Morgan fingerprint density at radius 1 is 1.20 bits per heavy atom. The van der Waals surface area contributed by atoms with Crippen LogP contribution in [0.5, 0.6) is 5.75 Å². The molecule has 2 aliphatic rings. The van der Waals surface area contributed by atoms with Gasteiger partial charge in [-0.1, -0.05) is 45.2 Å². The van der Waals surface area contributed by atoms with Crippen LogP contribution in [0.4, 0.5) is 5.69 Å². The lowest BCUT2D eigenvalue weighted by molar-refractivity contribution is -0.135. The molecule has 5 nitrogen and oxygen atoms in total. The van der Waals surface area contributed by atoms with Gasteiger partial charge in [0.1, 0.15) is 12.3 Å². The molecular weight excluding hydrogens is 491 g/mol. The molecule has 0 N–H and O–H groups in total. The molecule has 2 aromatic rings. The van der Waals surface area contributed by atoms with Crippen molar-refractivity contribution in [3.63, 3.8) is 0 Å². The third-order valence-corrected chi connectivity index (χ3v) is 7.01. The average Bonchev–Trinajstić information content (AvgIpc) is 3.08. The maximum absolute atomic E-state index is 13.3. The highest BCUT2D eigenvalue weighted by molar-refractivity contribution is 9.10. The summed E-state index contributed by atoms with van der Waals surface area (Å²) in [7, 11) is 0. The minimum Gasteiger partial charge on any atom is -0.482 e. The Hall–Kier alpha value is -1.76. The van der Waals surface area contributed by atoms with E-state index in [-0.39, 0.29) is 30.5 Å². The average molecular weight is 512 g/mol. The van der Waals surface area contributed by atoms with Crippen LogP contribution in [-0.4, -0.2) is 41.9 Å². The zero-order valence-corrected chi connectivity index (χ0v) is 19.6. The van der Waals surface area contributed by atoms with Crippen molar-refractivity contribution in [3.05, 3.63) is 56.5 Å². The molecule has 2 amide bonds. The molecule has 4 rings (SSSR count). The van der Waals surface area contributed by atoms with Gasteiger partial charge in [-0.2, -0.15) is 0 Å². The van der Waals surface area contributed by atoms with Crippen molar-refractivity contribution < 1.29 is 14.3 Å². The van der Waals surface area contributed by atoms with Crippen LogP contribution < -0.4 is 9.64 Å². The Bertz CT molecular complexity index is 1020. The molecule has 0 aliphatic carbocycles. The van der Waals surface area contributed by atoms with Crippen molar-refractivity contribution in [2.75, 3.05) is 24.6 Å². The minimum absolute atomic E-state index is 0.00616. The summed E-state index contributed by atoms with van der Waals surface area (Å²) in [5.74, 6) is 0.305. The summed E-state index contributed by atoms with van der Waals surface area (Å²) in [4.78, 5) is 29.2. The van der Waals surface area contributed by atoms with Gasteiger partial charge in [0, 0.05) is 16.6 Å². The summed E-state index contributed by atoms with van der Waals surface area (Å²) in [6, 6.07) is 11.0. The Morgan fingerprint density at radius 2 is 2.00 bits per heavy atom. The van der Waals surface area contributed by atoms with Crippen LogP contribution in [0.25, 0.3) is 0 Å². The number of amides is 2. The second-order valence-corrected chi connectivity index (χ2v) is 9.68. The maximum Gasteiger partial charge on any atom is 0.265 e. The first-order valence-electron chi connectivity index (χ1n) is 9.74. The third kappa shape index (κ3) is 4.18. The van der Waals surface area contributed by atoms with Crippen LogP contribution in [0, 0.1) is 0 Å². The predicted octanol–water partition coefficient (Wildman–Crippen LogP) is 5.11. The van der Waals surface area contributed by atoms with Gasteiger partial charge in [0.15, 0.2) is 6.61 Å². The summed E-state index contributed by atoms with van der Waals surface area (Å²) in [5, 5.41) is 1.02. The number of carbonyl (C=O) groups is 2. The van der Waals surface area contributed by atoms with E-state index in [1.165, 1.54) is 4.90 Å². The fourth-order valence-electron chi connectivity index (χ4n) is 4.29. The van der Waals surface area contributed by atoms with Crippen LogP contribution in [0.3, 0.4) is 0 Å². The van der Waals surface area contributed by atoms with Crippen molar-refractivity contribution in [2.45, 2.75) is 31.7 Å². The lowest BCUT2D eigenvalue weighted by Crippen LogP contribution is -2.52. The molecule has 1 unspecified atom stereocenters. The molecule has 1 saturated heterocycles. The van der Waals surface area contributed by atoms with Gasteiger partial charge in [-0.05, 0) is 62.1 Å². The van der Waals surface area contributed by atoms with Gasteiger partial charge in [0.05, 0.1) is 15.7 Å². The molecule has 1 fully saturated rings. The zero-order chi connectivity index (χ0) is 21.5. The number of halogens is 3. The Kier molecular flexibility index (Phi) is 6.02. The summed E-state index contributed by atoms with van der Waals surface area (Å²) in [5.41, 5.74) is 1.31. The molecule has 0 spiro atoms. The lowest BCUT2D eigenvalue weighted by Gasteiger charge is -2.38. The summed E-state index contributed by atoms with van der Waals surface area (Å²) in [6.45, 7) is 2.68. The topological polar surface area (TPSA) is 49.9 Å². The smallest absolute Gasteiger partial charge is 0.265 e. The first kappa shape index (κ1) is 21.5. The second-order valence-electron chi connectivity index (χ2n) is 7.95. The van der Waals surface area contributed by atoms with Gasteiger partial charge >= 0.3 is 0 Å². The minimum atomic E-state index is -0.341. The van der Waals surface area contributed by atoms with Crippen LogP contribution in [-0.2, 0) is 16.0 Å². The van der Waals surface area contributed by atoms with E-state index in [1.807, 2.05) is 29.2 Å². The number of nitrogens with zero attached hydrogens (tertiary/aromatic N) is 2. The number of anilines is 1. The molecule has 0 radical (unpaired) electrons. The van der Waals surface area contributed by atoms with Gasteiger partial charge in [-0.15, -0.1) is 0 Å². The predicted molar refractivity (Wildman–Crippen MR) is 122 cm³/mol. The lowest BCUT2D eigenvalue weighted by atomic mass is 9.90. The Balaban J connectivity index is 1.54. The standard InChI is InChI=1S/C22H21BrCl2N2O3/c1-22(11-14-3-5-16(24)17(25)9-14)7-2-8-27(22)20(28)12-26-18-6-4-15(23)10-19(18)30-13-21(26)29/h3-6,9-10H,2,7-8,11-13H2,1H3. The van der Waals surface area contributed by atoms with Crippen molar-refractivity contribution in [1.29, 1.82) is 0 Å². The fourth-order valence-corrected chi connectivity index (χ4v) is 4.95. The molecule has 2 aliphatic heterocycles. The van der Waals surface area contributed by atoms with E-state index >= 15 is 0 Å². The highest BCUT2D eigenvalue weighted by Crippen LogP contribution is 2.37. The first-order valence-corrected chi connectivity index (χ1v) is 11.3. The molecule has 8 heteroatoms. The molecule has 0 aromatic heterocycles. The van der Waals surface area contributed by atoms with Crippen LogP contribution in [0.2, 0.25) is 10.0 Å². The number of carbonyl (C=O) groups excluding carboxylic acids is 2. The van der Waals surface area contributed by atoms with Gasteiger partial charge < -0.3 is 9.64 Å². The van der Waals surface area contributed by atoms with E-state index in [0.29, 0.717) is 34.4 Å². The summed E-state index contributed by atoms with van der Waals surface area (Å²) >= 11 is 15.6. The molecule has 30 heavy (non-hydrogen) atoms. The fraction of sp³-hybridized carbons (Fsp3) is 0.364. The quantitative estimate of drug-likeness (QED) is 0.573. The van der Waals surface area contributed by atoms with E-state index in [1.54, 1.807) is 12.1 Å². The third-order valence-electron chi connectivity index (χ3n) is 5.78. The highest BCUT2D eigenvalue weighted by Gasteiger charge is 2.41. The van der Waals surface area contributed by atoms with Crippen LogP contribution >= 0.6 is 39.1 Å². The second kappa shape index (κ2) is 8.40. The maximum atomic E-state index is 13.3. The normalized spacial score (nSPS) is 20.9. The highest BCUT2D eigenvalue weighted by atomic mass is 79.9. The molecule has 0 bridgehead atoms.